The van der Waals surface area contributed by atoms with Crippen molar-refractivity contribution < 1.29 is 14.4 Å². The van der Waals surface area contributed by atoms with Crippen LogP contribution in [-0.2, 0) is 0 Å². The SMILES string of the molecule is CN(C)[C@@H]1CCCC[C@H]1NC(=O)Nc1ccccc1C#Cc1ccccc1C(=O)CC(=O)c1ccccc1. The normalized spacial score (nSPS) is 16.7. The maximum Gasteiger partial charge on any atom is 0.319 e. The second-order valence-corrected chi connectivity index (χ2v) is 9.75. The van der Waals surface area contributed by atoms with Gasteiger partial charge in [0, 0.05) is 34.3 Å². The van der Waals surface area contributed by atoms with Crippen molar-refractivity contribution in [3.63, 3.8) is 0 Å². The zero-order valence-electron chi connectivity index (χ0n) is 21.9. The molecule has 1 saturated carbocycles. The minimum absolute atomic E-state index is 0.0912. The standard InChI is InChI=1S/C32H33N3O3/c1-35(2)29-19-11-10-18-28(29)34-32(38)33-27-17-9-7-13-24(27)21-20-23-12-6-8-16-26(23)31(37)22-30(36)25-14-4-3-5-15-25/h3-9,12-17,28-29H,10-11,18-19,22H2,1-2H3,(H2,33,34,38)/t28-,29-/m1/s1. The molecule has 0 saturated heterocycles. The van der Waals surface area contributed by atoms with E-state index >= 15 is 0 Å². The Morgan fingerprint density at radius 3 is 2.18 bits per heavy atom. The number of Topliss-reactive ketones (excluding diaryl/α,β-unsaturated/α-hetero) is 2. The van der Waals surface area contributed by atoms with Gasteiger partial charge in [0.2, 0.25) is 0 Å². The zero-order valence-corrected chi connectivity index (χ0v) is 21.9. The van der Waals surface area contributed by atoms with Gasteiger partial charge < -0.3 is 15.5 Å². The molecule has 1 aliphatic carbocycles. The summed E-state index contributed by atoms with van der Waals surface area (Å²) in [6, 6.07) is 23.3. The summed E-state index contributed by atoms with van der Waals surface area (Å²) in [4.78, 5) is 40.6. The molecule has 0 radical (unpaired) electrons. The van der Waals surface area contributed by atoms with Gasteiger partial charge in [-0.05, 0) is 45.1 Å². The highest BCUT2D eigenvalue weighted by Gasteiger charge is 2.28. The molecule has 38 heavy (non-hydrogen) atoms. The fourth-order valence-electron chi connectivity index (χ4n) is 4.86. The average molecular weight is 508 g/mol. The van der Waals surface area contributed by atoms with E-state index < -0.39 is 0 Å². The summed E-state index contributed by atoms with van der Waals surface area (Å²) in [7, 11) is 4.10. The number of nitrogens with zero attached hydrogens (tertiary/aromatic N) is 1. The zero-order chi connectivity index (χ0) is 26.9. The Bertz CT molecular complexity index is 1350. The van der Waals surface area contributed by atoms with Crippen molar-refractivity contribution in [3.8, 4) is 11.8 Å². The number of likely N-dealkylation sites (N-methyl/N-ethyl adjacent to an activating group) is 1. The Kier molecular flexibility index (Phi) is 9.07. The number of nitrogens with one attached hydrogen (secondary N) is 2. The smallest absolute Gasteiger partial charge is 0.319 e. The summed E-state index contributed by atoms with van der Waals surface area (Å²) in [5.74, 6) is 5.68. The lowest BCUT2D eigenvalue weighted by atomic mass is 9.89. The van der Waals surface area contributed by atoms with Crippen molar-refractivity contribution >= 4 is 23.3 Å². The number of amides is 2. The van der Waals surface area contributed by atoms with Crippen LogP contribution in [0.4, 0.5) is 10.5 Å². The minimum Gasteiger partial charge on any atom is -0.334 e. The second kappa shape index (κ2) is 12.8. The van der Waals surface area contributed by atoms with Crippen molar-refractivity contribution in [2.75, 3.05) is 19.4 Å². The maximum atomic E-state index is 13.0. The van der Waals surface area contributed by atoms with Crippen LogP contribution in [0.1, 0.15) is 63.9 Å². The molecule has 0 heterocycles. The van der Waals surface area contributed by atoms with Crippen molar-refractivity contribution in [1.29, 1.82) is 0 Å². The van der Waals surface area contributed by atoms with Crippen molar-refractivity contribution in [2.45, 2.75) is 44.2 Å². The molecule has 3 aromatic carbocycles. The Hall–Kier alpha value is -4.21. The number of carbonyl (C=O) groups is 3. The Morgan fingerprint density at radius 1 is 0.789 bits per heavy atom. The molecule has 0 unspecified atom stereocenters. The quantitative estimate of drug-likeness (QED) is 0.250. The molecule has 3 aromatic rings. The van der Waals surface area contributed by atoms with Gasteiger partial charge in [0.1, 0.15) is 0 Å². The Labute approximate surface area is 224 Å². The van der Waals surface area contributed by atoms with E-state index in [1.165, 1.54) is 6.42 Å². The number of benzene rings is 3. The number of anilines is 1. The second-order valence-electron chi connectivity index (χ2n) is 9.75. The van der Waals surface area contributed by atoms with Gasteiger partial charge >= 0.3 is 6.03 Å². The molecule has 0 aromatic heterocycles. The fraction of sp³-hybridized carbons (Fsp3) is 0.281. The summed E-state index contributed by atoms with van der Waals surface area (Å²) in [6.45, 7) is 0. The average Bonchev–Trinajstić information content (AvgIpc) is 2.93. The van der Waals surface area contributed by atoms with E-state index in [-0.39, 0.29) is 30.1 Å². The van der Waals surface area contributed by atoms with E-state index in [0.717, 1.165) is 19.3 Å². The third-order valence-electron chi connectivity index (χ3n) is 6.86. The summed E-state index contributed by atoms with van der Waals surface area (Å²) < 4.78 is 0. The van der Waals surface area contributed by atoms with Crippen LogP contribution in [0, 0.1) is 11.8 Å². The van der Waals surface area contributed by atoms with Gasteiger partial charge in [0.15, 0.2) is 11.6 Å². The lowest BCUT2D eigenvalue weighted by Gasteiger charge is -2.36. The van der Waals surface area contributed by atoms with Gasteiger partial charge in [0.05, 0.1) is 12.1 Å². The molecule has 4 rings (SSSR count). The van der Waals surface area contributed by atoms with Crippen LogP contribution in [0.5, 0.6) is 0 Å². The van der Waals surface area contributed by atoms with E-state index in [2.05, 4.69) is 27.4 Å². The molecule has 1 aliphatic rings. The van der Waals surface area contributed by atoms with E-state index in [0.29, 0.717) is 34.0 Å². The Balaban J connectivity index is 1.48. The molecule has 194 valence electrons. The van der Waals surface area contributed by atoms with Crippen LogP contribution in [-0.4, -0.2) is 48.7 Å². The number of hydrogen-bond donors (Lipinski definition) is 2. The van der Waals surface area contributed by atoms with E-state index in [1.54, 1.807) is 42.5 Å². The topological polar surface area (TPSA) is 78.5 Å². The molecule has 2 amide bonds. The first-order chi connectivity index (χ1) is 18.4. The molecule has 0 spiro atoms. The van der Waals surface area contributed by atoms with Crippen molar-refractivity contribution in [1.82, 2.24) is 10.2 Å². The number of ketones is 2. The fourth-order valence-corrected chi connectivity index (χ4v) is 4.86. The van der Waals surface area contributed by atoms with Gasteiger partial charge in [-0.2, -0.15) is 0 Å². The largest absolute Gasteiger partial charge is 0.334 e. The summed E-state index contributed by atoms with van der Waals surface area (Å²) in [5, 5.41) is 6.09. The molecule has 1 fully saturated rings. The molecular weight excluding hydrogens is 474 g/mol. The number of hydrogen-bond acceptors (Lipinski definition) is 4. The highest BCUT2D eigenvalue weighted by Crippen LogP contribution is 2.22. The maximum absolute atomic E-state index is 13.0. The van der Waals surface area contributed by atoms with Crippen LogP contribution in [0.2, 0.25) is 0 Å². The first kappa shape index (κ1) is 26.8. The van der Waals surface area contributed by atoms with Crippen molar-refractivity contribution in [3.05, 3.63) is 101 Å². The van der Waals surface area contributed by atoms with Gasteiger partial charge in [-0.1, -0.05) is 85.3 Å². The summed E-state index contributed by atoms with van der Waals surface area (Å²) in [6.07, 6.45) is 4.07. The molecule has 2 atom stereocenters. The van der Waals surface area contributed by atoms with Crippen LogP contribution in [0.25, 0.3) is 0 Å². The van der Waals surface area contributed by atoms with Gasteiger partial charge in [-0.25, -0.2) is 4.79 Å². The first-order valence-electron chi connectivity index (χ1n) is 13.0. The minimum atomic E-state index is -0.280. The first-order valence-corrected chi connectivity index (χ1v) is 13.0. The number of rotatable bonds is 7. The van der Waals surface area contributed by atoms with Gasteiger partial charge in [-0.15, -0.1) is 0 Å². The Morgan fingerprint density at radius 2 is 1.42 bits per heavy atom. The van der Waals surface area contributed by atoms with Gasteiger partial charge in [-0.3, -0.25) is 9.59 Å². The molecule has 2 N–H and O–H groups in total. The van der Waals surface area contributed by atoms with Crippen LogP contribution in [0.3, 0.4) is 0 Å². The van der Waals surface area contributed by atoms with E-state index in [9.17, 15) is 14.4 Å². The van der Waals surface area contributed by atoms with Crippen molar-refractivity contribution in [2.24, 2.45) is 0 Å². The molecule has 6 heteroatoms. The molecule has 0 aliphatic heterocycles. The third kappa shape index (κ3) is 6.96. The predicted octanol–water partition coefficient (Wildman–Crippen LogP) is 5.54. The number of para-hydroxylation sites is 1. The molecular formula is C32H33N3O3. The number of carbonyl (C=O) groups excluding carboxylic acids is 3. The molecule has 6 nitrogen and oxygen atoms in total. The summed E-state index contributed by atoms with van der Waals surface area (Å²) in [5.41, 5.74) is 2.68. The highest BCUT2D eigenvalue weighted by molar-refractivity contribution is 6.14. The monoisotopic (exact) mass is 507 g/mol. The third-order valence-corrected chi connectivity index (χ3v) is 6.86. The van der Waals surface area contributed by atoms with Crippen LogP contribution < -0.4 is 10.6 Å². The predicted molar refractivity (Wildman–Crippen MR) is 150 cm³/mol. The highest BCUT2D eigenvalue weighted by atomic mass is 16.2. The number of urea groups is 1. The van der Waals surface area contributed by atoms with E-state index in [1.807, 2.05) is 50.5 Å². The van der Waals surface area contributed by atoms with Gasteiger partial charge in [0.25, 0.3) is 0 Å². The van der Waals surface area contributed by atoms with E-state index in [4.69, 9.17) is 0 Å². The summed E-state index contributed by atoms with van der Waals surface area (Å²) >= 11 is 0. The molecule has 0 bridgehead atoms. The van der Waals surface area contributed by atoms with Crippen LogP contribution >= 0.6 is 0 Å². The lowest BCUT2D eigenvalue weighted by molar-refractivity contribution is 0.0894. The lowest BCUT2D eigenvalue weighted by Crippen LogP contribution is -2.52. The van der Waals surface area contributed by atoms with Crippen LogP contribution in [0.15, 0.2) is 78.9 Å².